The zero-order valence-corrected chi connectivity index (χ0v) is 19.6. The highest BCUT2D eigenvalue weighted by Gasteiger charge is 2.33. The van der Waals surface area contributed by atoms with E-state index in [0.717, 1.165) is 24.3 Å². The van der Waals surface area contributed by atoms with Crippen LogP contribution in [0.4, 0.5) is 17.6 Å². The number of esters is 2. The Morgan fingerprint density at radius 2 is 1.82 bits per heavy atom. The molecule has 34 heavy (non-hydrogen) atoms. The average molecular weight is 547 g/mol. The molecule has 1 aromatic carbocycles. The molecule has 0 aliphatic rings. The number of hydrogen-bond donors (Lipinski definition) is 0. The molecule has 0 fully saturated rings. The highest BCUT2D eigenvalue weighted by molar-refractivity contribution is 9.10. The smallest absolute Gasteiger partial charge is 0.387 e. The van der Waals surface area contributed by atoms with Crippen molar-refractivity contribution in [3.05, 3.63) is 63.5 Å². The standard InChI is InChI=1S/C22H19BrF4N2O5/c1-3-32-18(30)8-13(12-7-11(24)5-6-16(12)34-22(26)27)20-19(21(31)33-4-2)28-17-9-15(25)14(23)10-29(17)20/h5-7,9-10,13,22H,3-4,8H2,1-2H3. The molecule has 0 bridgehead atoms. The normalized spacial score (nSPS) is 12.1. The minimum atomic E-state index is -3.25. The van der Waals surface area contributed by atoms with E-state index in [1.54, 1.807) is 13.8 Å². The zero-order valence-electron chi connectivity index (χ0n) is 18.0. The molecular weight excluding hydrogens is 528 g/mol. The van der Waals surface area contributed by atoms with Crippen molar-refractivity contribution >= 4 is 33.5 Å². The summed E-state index contributed by atoms with van der Waals surface area (Å²) in [6, 6.07) is 3.83. The lowest BCUT2D eigenvalue weighted by Gasteiger charge is -2.21. The first-order valence-electron chi connectivity index (χ1n) is 10.1. The van der Waals surface area contributed by atoms with Gasteiger partial charge in [0.15, 0.2) is 5.69 Å². The molecule has 182 valence electrons. The van der Waals surface area contributed by atoms with Gasteiger partial charge in [-0.05, 0) is 48.0 Å². The van der Waals surface area contributed by atoms with Gasteiger partial charge >= 0.3 is 18.6 Å². The molecule has 1 unspecified atom stereocenters. The Bertz CT molecular complexity index is 1220. The van der Waals surface area contributed by atoms with Crippen LogP contribution >= 0.6 is 15.9 Å². The summed E-state index contributed by atoms with van der Waals surface area (Å²) in [5.41, 5.74) is -0.519. The molecule has 0 spiro atoms. The van der Waals surface area contributed by atoms with E-state index in [4.69, 9.17) is 9.47 Å². The van der Waals surface area contributed by atoms with Crippen molar-refractivity contribution in [2.45, 2.75) is 32.8 Å². The molecule has 2 heterocycles. The molecular formula is C22H19BrF4N2O5. The number of benzene rings is 1. The summed E-state index contributed by atoms with van der Waals surface area (Å²) in [7, 11) is 0. The molecule has 3 aromatic rings. The first-order valence-corrected chi connectivity index (χ1v) is 10.9. The van der Waals surface area contributed by atoms with Gasteiger partial charge in [0, 0.05) is 23.7 Å². The van der Waals surface area contributed by atoms with Crippen molar-refractivity contribution in [3.63, 3.8) is 0 Å². The second kappa shape index (κ2) is 10.9. The predicted octanol–water partition coefficient (Wildman–Crippen LogP) is 5.24. The topological polar surface area (TPSA) is 79.1 Å². The number of hydrogen-bond acceptors (Lipinski definition) is 6. The predicted molar refractivity (Wildman–Crippen MR) is 115 cm³/mol. The van der Waals surface area contributed by atoms with Gasteiger partial charge in [0.2, 0.25) is 0 Å². The molecule has 12 heteroatoms. The monoisotopic (exact) mass is 546 g/mol. The maximum absolute atomic E-state index is 14.3. The molecule has 3 rings (SSSR count). The van der Waals surface area contributed by atoms with Crippen LogP contribution in [-0.2, 0) is 14.3 Å². The minimum absolute atomic E-state index is 0.00719. The summed E-state index contributed by atoms with van der Waals surface area (Å²) in [6.45, 7) is -0.127. The van der Waals surface area contributed by atoms with Gasteiger partial charge in [-0.1, -0.05) is 0 Å². The first kappa shape index (κ1) is 25.5. The lowest BCUT2D eigenvalue weighted by molar-refractivity contribution is -0.143. The van der Waals surface area contributed by atoms with Crippen LogP contribution in [0, 0.1) is 11.6 Å². The summed E-state index contributed by atoms with van der Waals surface area (Å²) < 4.78 is 70.5. The molecule has 2 aromatic heterocycles. The Balaban J connectivity index is 2.35. The van der Waals surface area contributed by atoms with Gasteiger partial charge < -0.3 is 18.6 Å². The Morgan fingerprint density at radius 3 is 2.47 bits per heavy atom. The maximum Gasteiger partial charge on any atom is 0.387 e. The van der Waals surface area contributed by atoms with E-state index in [1.165, 1.54) is 10.6 Å². The van der Waals surface area contributed by atoms with E-state index in [9.17, 15) is 27.2 Å². The van der Waals surface area contributed by atoms with Crippen LogP contribution in [0.2, 0.25) is 0 Å². The van der Waals surface area contributed by atoms with Crippen LogP contribution in [-0.4, -0.2) is 41.1 Å². The third-order valence-electron chi connectivity index (χ3n) is 4.74. The van der Waals surface area contributed by atoms with E-state index in [2.05, 4.69) is 25.7 Å². The third kappa shape index (κ3) is 5.49. The molecule has 7 nitrogen and oxygen atoms in total. The number of fused-ring (bicyclic) bond motifs is 1. The molecule has 0 amide bonds. The molecule has 0 saturated heterocycles. The van der Waals surface area contributed by atoms with Gasteiger partial charge in [0.25, 0.3) is 0 Å². The minimum Gasteiger partial charge on any atom is -0.466 e. The third-order valence-corrected chi connectivity index (χ3v) is 5.32. The number of halogens is 5. The SMILES string of the molecule is CCOC(=O)CC(c1cc(F)ccc1OC(F)F)c1c(C(=O)OCC)nc2cc(F)c(Br)cn12. The molecule has 0 radical (unpaired) electrons. The number of ether oxygens (including phenoxy) is 3. The van der Waals surface area contributed by atoms with Crippen molar-refractivity contribution in [2.24, 2.45) is 0 Å². The summed E-state index contributed by atoms with van der Waals surface area (Å²) >= 11 is 3.05. The van der Waals surface area contributed by atoms with Gasteiger partial charge in [-0.15, -0.1) is 0 Å². The molecule has 0 N–H and O–H groups in total. The molecule has 0 aliphatic carbocycles. The van der Waals surface area contributed by atoms with Crippen LogP contribution in [0.5, 0.6) is 5.75 Å². The van der Waals surface area contributed by atoms with Gasteiger partial charge in [-0.25, -0.2) is 18.6 Å². The summed E-state index contributed by atoms with van der Waals surface area (Å²) in [4.78, 5) is 29.4. The van der Waals surface area contributed by atoms with Crippen molar-refractivity contribution in [3.8, 4) is 5.75 Å². The lowest BCUT2D eigenvalue weighted by atomic mass is 9.90. The summed E-state index contributed by atoms with van der Waals surface area (Å²) in [6.07, 6.45) is 0.757. The first-order chi connectivity index (χ1) is 16.2. The fourth-order valence-corrected chi connectivity index (χ4v) is 3.80. The fraction of sp³-hybridized carbons (Fsp3) is 0.318. The van der Waals surface area contributed by atoms with Crippen LogP contribution in [0.25, 0.3) is 5.65 Å². The van der Waals surface area contributed by atoms with Crippen molar-refractivity contribution in [1.82, 2.24) is 9.38 Å². The van der Waals surface area contributed by atoms with Crippen molar-refractivity contribution in [2.75, 3.05) is 13.2 Å². The van der Waals surface area contributed by atoms with Crippen molar-refractivity contribution in [1.29, 1.82) is 0 Å². The number of nitrogens with zero attached hydrogens (tertiary/aromatic N) is 2. The number of carbonyl (C=O) groups is 2. The van der Waals surface area contributed by atoms with E-state index >= 15 is 0 Å². The number of alkyl halides is 2. The number of carbonyl (C=O) groups excluding carboxylic acids is 2. The number of imidazole rings is 1. The summed E-state index contributed by atoms with van der Waals surface area (Å²) in [5.74, 6) is -4.82. The quantitative estimate of drug-likeness (QED) is 0.270. The average Bonchev–Trinajstić information content (AvgIpc) is 3.12. The van der Waals surface area contributed by atoms with Crippen LogP contribution in [0.1, 0.15) is 47.9 Å². The second-order valence-corrected chi connectivity index (χ2v) is 7.74. The number of rotatable bonds is 9. The van der Waals surface area contributed by atoms with Gasteiger partial charge in [-0.3, -0.25) is 4.79 Å². The Morgan fingerprint density at radius 1 is 1.12 bits per heavy atom. The summed E-state index contributed by atoms with van der Waals surface area (Å²) in [5, 5.41) is 0. The highest BCUT2D eigenvalue weighted by Crippen LogP contribution is 2.39. The van der Waals surface area contributed by atoms with Crippen molar-refractivity contribution < 1.29 is 41.4 Å². The van der Waals surface area contributed by atoms with Crippen LogP contribution in [0.15, 0.2) is 34.9 Å². The Hall–Kier alpha value is -3.15. The van der Waals surface area contributed by atoms with E-state index in [-0.39, 0.29) is 40.3 Å². The van der Waals surface area contributed by atoms with Gasteiger partial charge in [0.05, 0.1) is 29.8 Å². The van der Waals surface area contributed by atoms with Gasteiger partial charge in [0.1, 0.15) is 23.0 Å². The van der Waals surface area contributed by atoms with Crippen LogP contribution in [0.3, 0.4) is 0 Å². The Kier molecular flexibility index (Phi) is 8.13. The number of aromatic nitrogens is 2. The van der Waals surface area contributed by atoms with Gasteiger partial charge in [-0.2, -0.15) is 8.78 Å². The molecule has 0 saturated carbocycles. The Labute approximate surface area is 199 Å². The second-order valence-electron chi connectivity index (χ2n) is 6.89. The fourth-order valence-electron chi connectivity index (χ4n) is 3.48. The van der Waals surface area contributed by atoms with E-state index < -0.39 is 48.3 Å². The van der Waals surface area contributed by atoms with E-state index in [0.29, 0.717) is 0 Å². The number of pyridine rings is 1. The molecule has 1 atom stereocenters. The molecule has 0 aliphatic heterocycles. The largest absolute Gasteiger partial charge is 0.466 e. The highest BCUT2D eigenvalue weighted by atomic mass is 79.9. The van der Waals surface area contributed by atoms with E-state index in [1.807, 2.05) is 0 Å². The zero-order chi connectivity index (χ0) is 25.0. The lowest BCUT2D eigenvalue weighted by Crippen LogP contribution is -2.18. The maximum atomic E-state index is 14.3. The van der Waals surface area contributed by atoms with Crippen LogP contribution < -0.4 is 4.74 Å².